The lowest BCUT2D eigenvalue weighted by Gasteiger charge is -2.13. The van der Waals surface area contributed by atoms with Crippen molar-refractivity contribution >= 4 is 23.2 Å². The molecule has 0 radical (unpaired) electrons. The molecule has 0 fully saturated rings. The zero-order valence-corrected chi connectivity index (χ0v) is 14.4. The normalized spacial score (nSPS) is 10.1. The van der Waals surface area contributed by atoms with Crippen molar-refractivity contribution in [3.05, 3.63) is 47.5 Å². The minimum atomic E-state index is -0.319. The van der Waals surface area contributed by atoms with Crippen LogP contribution in [0.4, 0.5) is 5.69 Å². The number of nitrogens with one attached hydrogen (secondary N) is 1. The van der Waals surface area contributed by atoms with Crippen LogP contribution in [0, 0.1) is 0 Å². The number of carbonyl (C=O) groups excluding carboxylic acids is 1. The van der Waals surface area contributed by atoms with Gasteiger partial charge in [0.2, 0.25) is 0 Å². The molecule has 6 heteroatoms. The van der Waals surface area contributed by atoms with E-state index in [0.717, 1.165) is 6.42 Å². The summed E-state index contributed by atoms with van der Waals surface area (Å²) in [7, 11) is 1.52. The van der Waals surface area contributed by atoms with Crippen molar-refractivity contribution < 1.29 is 19.0 Å². The largest absolute Gasteiger partial charge is 0.495 e. The van der Waals surface area contributed by atoms with Crippen LogP contribution in [0.1, 0.15) is 13.3 Å². The number of hydrogen-bond acceptors (Lipinski definition) is 4. The molecule has 0 aliphatic heterocycles. The van der Waals surface area contributed by atoms with E-state index in [2.05, 4.69) is 5.32 Å². The summed E-state index contributed by atoms with van der Waals surface area (Å²) in [5.41, 5.74) is 0.495. The molecule has 0 aromatic heterocycles. The number of para-hydroxylation sites is 2. The number of methoxy groups -OCH3 is 1. The third kappa shape index (κ3) is 5.06. The van der Waals surface area contributed by atoms with Crippen molar-refractivity contribution in [1.82, 2.24) is 0 Å². The first-order chi connectivity index (χ1) is 11.6. The SMILES string of the molecule is CCCOc1ccccc1OCC(=O)Nc1cc(Cl)ccc1OC. The third-order valence-corrected chi connectivity index (χ3v) is 3.34. The van der Waals surface area contributed by atoms with E-state index in [1.54, 1.807) is 24.3 Å². The number of carbonyl (C=O) groups is 1. The van der Waals surface area contributed by atoms with Gasteiger partial charge in [-0.2, -0.15) is 0 Å². The Balaban J connectivity index is 1.98. The van der Waals surface area contributed by atoms with Crippen LogP contribution in [0.25, 0.3) is 0 Å². The summed E-state index contributed by atoms with van der Waals surface area (Å²) >= 11 is 5.94. The lowest BCUT2D eigenvalue weighted by Crippen LogP contribution is -2.20. The minimum Gasteiger partial charge on any atom is -0.495 e. The molecule has 0 aliphatic carbocycles. The van der Waals surface area contributed by atoms with E-state index in [1.807, 2.05) is 25.1 Å². The summed E-state index contributed by atoms with van der Waals surface area (Å²) in [6.45, 7) is 2.46. The molecule has 0 bridgehead atoms. The smallest absolute Gasteiger partial charge is 0.262 e. The second-order valence-electron chi connectivity index (χ2n) is 4.98. The topological polar surface area (TPSA) is 56.8 Å². The van der Waals surface area contributed by atoms with Crippen LogP contribution < -0.4 is 19.5 Å². The Labute approximate surface area is 146 Å². The molecule has 128 valence electrons. The fourth-order valence-corrected chi connectivity index (χ4v) is 2.18. The van der Waals surface area contributed by atoms with Gasteiger partial charge in [0, 0.05) is 5.02 Å². The molecular formula is C18H20ClNO4. The van der Waals surface area contributed by atoms with Crippen LogP contribution in [-0.2, 0) is 4.79 Å². The Kier molecular flexibility index (Phi) is 6.75. The first-order valence-electron chi connectivity index (χ1n) is 7.62. The molecule has 0 spiro atoms. The van der Waals surface area contributed by atoms with Crippen molar-refractivity contribution in [2.45, 2.75) is 13.3 Å². The Hall–Kier alpha value is -2.40. The Morgan fingerprint density at radius 1 is 1.08 bits per heavy atom. The predicted molar refractivity (Wildman–Crippen MR) is 94.4 cm³/mol. The molecule has 0 heterocycles. The predicted octanol–water partition coefficient (Wildman–Crippen LogP) is 4.15. The molecule has 24 heavy (non-hydrogen) atoms. The van der Waals surface area contributed by atoms with Gasteiger partial charge in [-0.25, -0.2) is 0 Å². The summed E-state index contributed by atoms with van der Waals surface area (Å²) in [4.78, 5) is 12.1. The second-order valence-corrected chi connectivity index (χ2v) is 5.41. The number of anilines is 1. The van der Waals surface area contributed by atoms with Crippen molar-refractivity contribution in [3.63, 3.8) is 0 Å². The maximum atomic E-state index is 12.1. The van der Waals surface area contributed by atoms with Gasteiger partial charge in [0.15, 0.2) is 18.1 Å². The van der Waals surface area contributed by atoms with E-state index < -0.39 is 0 Å². The number of halogens is 1. The molecule has 2 aromatic rings. The lowest BCUT2D eigenvalue weighted by molar-refractivity contribution is -0.118. The van der Waals surface area contributed by atoms with E-state index in [-0.39, 0.29) is 12.5 Å². The molecule has 1 N–H and O–H groups in total. The van der Waals surface area contributed by atoms with Gasteiger partial charge in [-0.3, -0.25) is 4.79 Å². The van der Waals surface area contributed by atoms with E-state index in [1.165, 1.54) is 7.11 Å². The first-order valence-corrected chi connectivity index (χ1v) is 8.00. The monoisotopic (exact) mass is 349 g/mol. The number of rotatable bonds is 8. The molecule has 2 rings (SSSR count). The zero-order valence-electron chi connectivity index (χ0n) is 13.7. The van der Waals surface area contributed by atoms with Crippen molar-refractivity contribution in [3.8, 4) is 17.2 Å². The van der Waals surface area contributed by atoms with Gasteiger partial charge in [0.1, 0.15) is 5.75 Å². The molecule has 0 atom stereocenters. The first kappa shape index (κ1) is 17.9. The average molecular weight is 350 g/mol. The minimum absolute atomic E-state index is 0.151. The van der Waals surface area contributed by atoms with Gasteiger partial charge in [0.05, 0.1) is 19.4 Å². The Bertz CT molecular complexity index is 690. The molecule has 0 unspecified atom stereocenters. The number of ether oxygens (including phenoxy) is 3. The Morgan fingerprint density at radius 3 is 2.46 bits per heavy atom. The van der Waals surface area contributed by atoms with Crippen molar-refractivity contribution in [2.75, 3.05) is 25.6 Å². The van der Waals surface area contributed by atoms with Gasteiger partial charge in [0.25, 0.3) is 5.91 Å². The number of amides is 1. The standard InChI is InChI=1S/C18H20ClNO4/c1-3-10-23-16-6-4-5-7-17(16)24-12-18(21)20-14-11-13(19)8-9-15(14)22-2/h4-9,11H,3,10,12H2,1-2H3,(H,20,21). The van der Waals surface area contributed by atoms with E-state index in [9.17, 15) is 4.79 Å². The maximum absolute atomic E-state index is 12.1. The molecule has 0 aliphatic rings. The van der Waals surface area contributed by atoms with Crippen molar-refractivity contribution in [1.29, 1.82) is 0 Å². The molecule has 2 aromatic carbocycles. The number of benzene rings is 2. The van der Waals surface area contributed by atoms with Crippen LogP contribution in [0.3, 0.4) is 0 Å². The third-order valence-electron chi connectivity index (χ3n) is 3.11. The summed E-state index contributed by atoms with van der Waals surface area (Å²) in [6.07, 6.45) is 0.892. The van der Waals surface area contributed by atoms with Gasteiger partial charge in [-0.05, 0) is 36.8 Å². The highest BCUT2D eigenvalue weighted by Crippen LogP contribution is 2.28. The fraction of sp³-hybridized carbons (Fsp3) is 0.278. The number of hydrogen-bond donors (Lipinski definition) is 1. The van der Waals surface area contributed by atoms with Crippen LogP contribution in [0.5, 0.6) is 17.2 Å². The summed E-state index contributed by atoms with van der Waals surface area (Å²) in [5, 5.41) is 3.23. The molecule has 0 saturated heterocycles. The van der Waals surface area contributed by atoms with Crippen LogP contribution in [-0.4, -0.2) is 26.2 Å². The highest BCUT2D eigenvalue weighted by molar-refractivity contribution is 6.31. The lowest BCUT2D eigenvalue weighted by atomic mass is 10.3. The van der Waals surface area contributed by atoms with Gasteiger partial charge >= 0.3 is 0 Å². The highest BCUT2D eigenvalue weighted by Gasteiger charge is 2.11. The van der Waals surface area contributed by atoms with Gasteiger partial charge in [-0.15, -0.1) is 0 Å². The molecular weight excluding hydrogens is 330 g/mol. The van der Waals surface area contributed by atoms with Crippen molar-refractivity contribution in [2.24, 2.45) is 0 Å². The summed E-state index contributed by atoms with van der Waals surface area (Å²) in [5.74, 6) is 1.35. The molecule has 0 saturated carbocycles. The fourth-order valence-electron chi connectivity index (χ4n) is 2.01. The quantitative estimate of drug-likeness (QED) is 0.777. The Morgan fingerprint density at radius 2 is 1.79 bits per heavy atom. The average Bonchev–Trinajstić information content (AvgIpc) is 2.59. The van der Waals surface area contributed by atoms with Crippen LogP contribution in [0.15, 0.2) is 42.5 Å². The van der Waals surface area contributed by atoms with E-state index in [4.69, 9.17) is 25.8 Å². The van der Waals surface area contributed by atoms with Crippen LogP contribution >= 0.6 is 11.6 Å². The maximum Gasteiger partial charge on any atom is 0.262 e. The van der Waals surface area contributed by atoms with Gasteiger partial charge in [-0.1, -0.05) is 30.7 Å². The van der Waals surface area contributed by atoms with E-state index in [0.29, 0.717) is 34.6 Å². The van der Waals surface area contributed by atoms with Gasteiger partial charge < -0.3 is 19.5 Å². The van der Waals surface area contributed by atoms with E-state index >= 15 is 0 Å². The molecule has 1 amide bonds. The second kappa shape index (κ2) is 9.03. The summed E-state index contributed by atoms with van der Waals surface area (Å²) in [6, 6.07) is 12.2. The molecule has 5 nitrogen and oxygen atoms in total. The highest BCUT2D eigenvalue weighted by atomic mass is 35.5. The zero-order chi connectivity index (χ0) is 17.4. The summed E-state index contributed by atoms with van der Waals surface area (Å²) < 4.78 is 16.3. The van der Waals surface area contributed by atoms with Crippen LogP contribution in [0.2, 0.25) is 5.02 Å².